The molecular weight excluding hydrogens is 374 g/mol. The molecule has 6 heteroatoms. The van der Waals surface area contributed by atoms with E-state index in [9.17, 15) is 4.79 Å². The van der Waals surface area contributed by atoms with Crippen molar-refractivity contribution >= 4 is 21.8 Å². The molecule has 1 heterocycles. The second-order valence-electron chi connectivity index (χ2n) is 5.51. The number of hydrogen-bond acceptors (Lipinski definition) is 4. The fourth-order valence-corrected chi connectivity index (χ4v) is 3.00. The Morgan fingerprint density at radius 3 is 2.79 bits per heavy atom. The summed E-state index contributed by atoms with van der Waals surface area (Å²) >= 11 is 3.44. The molecular formula is C18H18BrNO4. The molecule has 0 aromatic heterocycles. The first-order valence-electron chi connectivity index (χ1n) is 7.54. The number of likely N-dealkylation sites (N-methyl/N-ethyl adjacent to an activating group) is 1. The Bertz CT molecular complexity index is 750. The fourth-order valence-electron chi connectivity index (χ4n) is 2.59. The molecule has 0 unspecified atom stereocenters. The van der Waals surface area contributed by atoms with E-state index in [1.807, 2.05) is 36.4 Å². The van der Waals surface area contributed by atoms with Crippen LogP contribution in [0.25, 0.3) is 0 Å². The van der Waals surface area contributed by atoms with Crippen molar-refractivity contribution in [3.8, 4) is 17.2 Å². The van der Waals surface area contributed by atoms with E-state index in [0.717, 1.165) is 15.8 Å². The van der Waals surface area contributed by atoms with Crippen molar-refractivity contribution in [3.05, 3.63) is 52.5 Å². The number of methoxy groups -OCH3 is 1. The number of nitrogens with zero attached hydrogens (tertiary/aromatic N) is 1. The van der Waals surface area contributed by atoms with E-state index >= 15 is 0 Å². The summed E-state index contributed by atoms with van der Waals surface area (Å²) < 4.78 is 17.7. The Morgan fingerprint density at radius 1 is 1.29 bits per heavy atom. The molecule has 126 valence electrons. The second-order valence-corrected chi connectivity index (χ2v) is 6.43. The van der Waals surface area contributed by atoms with Gasteiger partial charge in [0.25, 0.3) is 5.91 Å². The molecule has 0 N–H and O–H groups in total. The summed E-state index contributed by atoms with van der Waals surface area (Å²) in [5, 5.41) is 0. The molecule has 0 bridgehead atoms. The van der Waals surface area contributed by atoms with Gasteiger partial charge in [0.1, 0.15) is 12.4 Å². The van der Waals surface area contributed by atoms with Crippen LogP contribution in [0, 0.1) is 0 Å². The summed E-state index contributed by atoms with van der Waals surface area (Å²) in [6.45, 7) is 0.624. The topological polar surface area (TPSA) is 48.0 Å². The maximum absolute atomic E-state index is 12.7. The number of fused-ring (bicyclic) bond motifs is 1. The first kappa shape index (κ1) is 16.6. The Balaban J connectivity index is 1.71. The third kappa shape index (κ3) is 3.48. The quantitative estimate of drug-likeness (QED) is 0.802. The van der Waals surface area contributed by atoms with Gasteiger partial charge in [0.2, 0.25) is 6.10 Å². The molecule has 24 heavy (non-hydrogen) atoms. The lowest BCUT2D eigenvalue weighted by Gasteiger charge is -2.29. The first-order valence-corrected chi connectivity index (χ1v) is 8.33. The smallest absolute Gasteiger partial charge is 0.267 e. The molecule has 1 atom stereocenters. The second kappa shape index (κ2) is 7.13. The minimum Gasteiger partial charge on any atom is -0.496 e. The number of ether oxygens (including phenoxy) is 3. The SMILES string of the molecule is COc1ccc(Br)cc1CN(C)C(=O)[C@@H]1COc2ccccc2O1. The molecule has 0 fully saturated rings. The van der Waals surface area contributed by atoms with E-state index in [-0.39, 0.29) is 12.5 Å². The number of benzene rings is 2. The average Bonchev–Trinajstić information content (AvgIpc) is 2.61. The van der Waals surface area contributed by atoms with Crippen molar-refractivity contribution in [2.45, 2.75) is 12.6 Å². The lowest BCUT2D eigenvalue weighted by molar-refractivity contribution is -0.140. The molecule has 0 saturated carbocycles. The maximum atomic E-state index is 12.7. The highest BCUT2D eigenvalue weighted by Crippen LogP contribution is 2.31. The number of para-hydroxylation sites is 2. The van der Waals surface area contributed by atoms with Crippen LogP contribution in [0.4, 0.5) is 0 Å². The molecule has 0 radical (unpaired) electrons. The zero-order chi connectivity index (χ0) is 17.1. The van der Waals surface area contributed by atoms with Crippen LogP contribution in [0.15, 0.2) is 46.9 Å². The molecule has 1 aliphatic rings. The van der Waals surface area contributed by atoms with Gasteiger partial charge in [-0.1, -0.05) is 28.1 Å². The van der Waals surface area contributed by atoms with E-state index in [1.165, 1.54) is 0 Å². The molecule has 2 aromatic rings. The van der Waals surface area contributed by atoms with Crippen LogP contribution in [0.2, 0.25) is 0 Å². The number of halogens is 1. The van der Waals surface area contributed by atoms with E-state index in [2.05, 4.69) is 15.9 Å². The van der Waals surface area contributed by atoms with Gasteiger partial charge in [-0.3, -0.25) is 4.79 Å². The average molecular weight is 392 g/mol. The summed E-state index contributed by atoms with van der Waals surface area (Å²) in [6, 6.07) is 13.1. The van der Waals surface area contributed by atoms with Gasteiger partial charge in [0.15, 0.2) is 11.5 Å². The summed E-state index contributed by atoms with van der Waals surface area (Å²) in [7, 11) is 3.36. The Hall–Kier alpha value is -2.21. The molecule has 0 aliphatic carbocycles. The lowest BCUT2D eigenvalue weighted by atomic mass is 10.1. The fraction of sp³-hybridized carbons (Fsp3) is 0.278. The van der Waals surface area contributed by atoms with Crippen molar-refractivity contribution in [1.82, 2.24) is 4.90 Å². The van der Waals surface area contributed by atoms with Gasteiger partial charge in [0, 0.05) is 23.6 Å². The highest BCUT2D eigenvalue weighted by atomic mass is 79.9. The van der Waals surface area contributed by atoms with E-state index < -0.39 is 6.10 Å². The lowest BCUT2D eigenvalue weighted by Crippen LogP contribution is -2.44. The van der Waals surface area contributed by atoms with Gasteiger partial charge in [0.05, 0.1) is 7.11 Å². The molecule has 3 rings (SSSR count). The van der Waals surface area contributed by atoms with Crippen LogP contribution < -0.4 is 14.2 Å². The van der Waals surface area contributed by atoms with Crippen LogP contribution in [0.3, 0.4) is 0 Å². The maximum Gasteiger partial charge on any atom is 0.267 e. The number of amides is 1. The van der Waals surface area contributed by atoms with E-state index in [0.29, 0.717) is 18.0 Å². The normalized spacial score (nSPS) is 15.7. The van der Waals surface area contributed by atoms with Crippen molar-refractivity contribution in [2.75, 3.05) is 20.8 Å². The monoisotopic (exact) mass is 391 g/mol. The van der Waals surface area contributed by atoms with Gasteiger partial charge < -0.3 is 19.1 Å². The molecule has 1 aliphatic heterocycles. The van der Waals surface area contributed by atoms with Gasteiger partial charge in [-0.15, -0.1) is 0 Å². The van der Waals surface area contributed by atoms with Crippen molar-refractivity contribution in [2.24, 2.45) is 0 Å². The van der Waals surface area contributed by atoms with Crippen LogP contribution in [0.5, 0.6) is 17.2 Å². The summed E-state index contributed by atoms with van der Waals surface area (Å²) in [5.41, 5.74) is 0.917. The zero-order valence-corrected chi connectivity index (χ0v) is 15.1. The molecule has 2 aromatic carbocycles. The number of rotatable bonds is 4. The van der Waals surface area contributed by atoms with E-state index in [4.69, 9.17) is 14.2 Å². The Kier molecular flexibility index (Phi) is 4.94. The number of carbonyl (C=O) groups is 1. The van der Waals surface area contributed by atoms with Gasteiger partial charge in [-0.05, 0) is 30.3 Å². The third-order valence-electron chi connectivity index (χ3n) is 3.81. The Labute approximate surface area is 149 Å². The Morgan fingerprint density at radius 2 is 2.04 bits per heavy atom. The minimum absolute atomic E-state index is 0.133. The van der Waals surface area contributed by atoms with E-state index in [1.54, 1.807) is 25.1 Å². The number of carbonyl (C=O) groups excluding carboxylic acids is 1. The standard InChI is InChI=1S/C18H18BrNO4/c1-20(10-12-9-13(19)7-8-14(12)22-2)18(21)17-11-23-15-5-3-4-6-16(15)24-17/h3-9,17H,10-11H2,1-2H3/t17-/m0/s1. The van der Waals surface area contributed by atoms with Crippen molar-refractivity contribution in [3.63, 3.8) is 0 Å². The third-order valence-corrected chi connectivity index (χ3v) is 4.30. The van der Waals surface area contributed by atoms with Gasteiger partial charge >= 0.3 is 0 Å². The van der Waals surface area contributed by atoms with Crippen LogP contribution in [-0.4, -0.2) is 37.7 Å². The minimum atomic E-state index is -0.650. The first-order chi connectivity index (χ1) is 11.6. The zero-order valence-electron chi connectivity index (χ0n) is 13.5. The highest BCUT2D eigenvalue weighted by Gasteiger charge is 2.29. The molecule has 5 nitrogen and oxygen atoms in total. The predicted octanol–water partition coefficient (Wildman–Crippen LogP) is 3.26. The largest absolute Gasteiger partial charge is 0.496 e. The molecule has 0 spiro atoms. The van der Waals surface area contributed by atoms with Crippen LogP contribution in [-0.2, 0) is 11.3 Å². The van der Waals surface area contributed by atoms with Gasteiger partial charge in [-0.2, -0.15) is 0 Å². The number of hydrogen-bond donors (Lipinski definition) is 0. The summed E-state index contributed by atoms with van der Waals surface area (Å²) in [5.74, 6) is 1.86. The summed E-state index contributed by atoms with van der Waals surface area (Å²) in [4.78, 5) is 14.3. The molecule has 1 amide bonds. The van der Waals surface area contributed by atoms with Crippen LogP contribution in [0.1, 0.15) is 5.56 Å². The van der Waals surface area contributed by atoms with Gasteiger partial charge in [-0.25, -0.2) is 0 Å². The summed E-state index contributed by atoms with van der Waals surface area (Å²) in [6.07, 6.45) is -0.650. The molecule has 0 saturated heterocycles. The predicted molar refractivity (Wildman–Crippen MR) is 93.5 cm³/mol. The highest BCUT2D eigenvalue weighted by molar-refractivity contribution is 9.10. The van der Waals surface area contributed by atoms with Crippen molar-refractivity contribution in [1.29, 1.82) is 0 Å². The van der Waals surface area contributed by atoms with Crippen LogP contribution >= 0.6 is 15.9 Å². The van der Waals surface area contributed by atoms with Crippen molar-refractivity contribution < 1.29 is 19.0 Å².